The molecule has 29 heavy (non-hydrogen) atoms. The van der Waals surface area contributed by atoms with Crippen molar-refractivity contribution < 1.29 is 19.5 Å². The van der Waals surface area contributed by atoms with Gasteiger partial charge in [0.2, 0.25) is 11.8 Å². The van der Waals surface area contributed by atoms with Gasteiger partial charge in [0.25, 0.3) is 0 Å². The Morgan fingerprint density at radius 2 is 1.59 bits per heavy atom. The second-order valence-electron chi connectivity index (χ2n) is 6.66. The Bertz CT molecular complexity index is 814. The van der Waals surface area contributed by atoms with Crippen LogP contribution >= 0.6 is 12.6 Å². The predicted octanol–water partition coefficient (Wildman–Crippen LogP) is 0.603. The van der Waals surface area contributed by atoms with Crippen molar-refractivity contribution in [1.29, 1.82) is 0 Å². The molecule has 0 aliphatic heterocycles. The molecule has 0 bridgehead atoms. The van der Waals surface area contributed by atoms with Crippen LogP contribution in [0.25, 0.3) is 0 Å². The third-order valence-corrected chi connectivity index (χ3v) is 4.70. The Morgan fingerprint density at radius 3 is 2.17 bits per heavy atom. The molecule has 0 saturated heterocycles. The van der Waals surface area contributed by atoms with Gasteiger partial charge in [0, 0.05) is 5.75 Å². The Labute approximate surface area is 175 Å². The Morgan fingerprint density at radius 1 is 0.966 bits per heavy atom. The lowest BCUT2D eigenvalue weighted by molar-refractivity contribution is -0.130. The van der Waals surface area contributed by atoms with Crippen LogP contribution in [-0.2, 0) is 27.2 Å². The minimum absolute atomic E-state index is 0.0560. The number of nitrogens with one attached hydrogen (secondary N) is 2. The number of phenols is 1. The van der Waals surface area contributed by atoms with Crippen molar-refractivity contribution in [3.05, 3.63) is 65.7 Å². The fourth-order valence-corrected chi connectivity index (χ4v) is 2.99. The van der Waals surface area contributed by atoms with Crippen LogP contribution in [0.1, 0.15) is 11.1 Å². The molecule has 7 nitrogen and oxygen atoms in total. The number of carbonyl (C=O) groups excluding carboxylic acids is 3. The molecule has 0 saturated carbocycles. The minimum Gasteiger partial charge on any atom is -0.508 e. The second-order valence-corrected chi connectivity index (χ2v) is 7.03. The molecule has 0 aliphatic rings. The molecule has 5 N–H and O–H groups in total. The summed E-state index contributed by atoms with van der Waals surface area (Å²) in [5.74, 6) is -0.814. The first-order valence-electron chi connectivity index (χ1n) is 9.17. The monoisotopic (exact) mass is 415 g/mol. The maximum atomic E-state index is 12.5. The number of benzene rings is 2. The number of thiol groups is 1. The molecule has 2 amide bonds. The second kappa shape index (κ2) is 11.2. The molecule has 0 radical (unpaired) electrons. The van der Waals surface area contributed by atoms with Gasteiger partial charge in [-0.25, -0.2) is 0 Å². The molecule has 2 rings (SSSR count). The lowest BCUT2D eigenvalue weighted by Gasteiger charge is -2.21. The first-order valence-corrected chi connectivity index (χ1v) is 9.80. The van der Waals surface area contributed by atoms with Crippen molar-refractivity contribution in [2.75, 3.05) is 5.75 Å². The maximum absolute atomic E-state index is 12.5. The standard InChI is InChI=1S/C21H25N3O4S/c22-18(11-14-4-2-1-3-5-14)20(27)24-19(13-29)21(28)23-16(12-25)10-15-6-8-17(26)9-7-15/h1-9,12,16,18-19,26,29H,10-11,13,22H2,(H,23,28)(H,24,27)/t16-,18-,19-/m0/s1. The molecule has 3 atom stereocenters. The SMILES string of the molecule is N[C@@H](Cc1ccccc1)C(=O)N[C@@H](CS)C(=O)N[C@H](C=O)Cc1ccc(O)cc1. The summed E-state index contributed by atoms with van der Waals surface area (Å²) in [4.78, 5) is 36.2. The zero-order valence-electron chi connectivity index (χ0n) is 15.8. The molecular weight excluding hydrogens is 390 g/mol. The highest BCUT2D eigenvalue weighted by Crippen LogP contribution is 2.11. The van der Waals surface area contributed by atoms with Crippen molar-refractivity contribution in [2.45, 2.75) is 31.0 Å². The number of hydrogen-bond donors (Lipinski definition) is 5. The van der Waals surface area contributed by atoms with E-state index in [2.05, 4.69) is 23.3 Å². The van der Waals surface area contributed by atoms with E-state index in [1.807, 2.05) is 30.3 Å². The van der Waals surface area contributed by atoms with Gasteiger partial charge < -0.3 is 26.3 Å². The molecule has 0 aromatic heterocycles. The summed E-state index contributed by atoms with van der Waals surface area (Å²) in [6.07, 6.45) is 1.23. The quantitative estimate of drug-likeness (QED) is 0.287. The highest BCUT2D eigenvalue weighted by Gasteiger charge is 2.24. The number of aromatic hydroxyl groups is 1. The molecule has 0 spiro atoms. The predicted molar refractivity (Wildman–Crippen MR) is 114 cm³/mol. The molecule has 0 unspecified atom stereocenters. The summed E-state index contributed by atoms with van der Waals surface area (Å²) in [6, 6.07) is 13.2. The molecule has 0 aliphatic carbocycles. The zero-order chi connectivity index (χ0) is 21.2. The summed E-state index contributed by atoms with van der Waals surface area (Å²) in [7, 11) is 0. The van der Waals surface area contributed by atoms with Gasteiger partial charge in [-0.3, -0.25) is 9.59 Å². The first kappa shape index (κ1) is 22.4. The van der Waals surface area contributed by atoms with E-state index in [9.17, 15) is 19.5 Å². The number of carbonyl (C=O) groups is 3. The molecule has 2 aromatic rings. The summed E-state index contributed by atoms with van der Waals surface area (Å²) < 4.78 is 0. The molecule has 2 aromatic carbocycles. The molecular formula is C21H25N3O4S. The van der Waals surface area contributed by atoms with Crippen molar-refractivity contribution in [3.8, 4) is 5.75 Å². The van der Waals surface area contributed by atoms with Crippen LogP contribution in [0, 0.1) is 0 Å². The van der Waals surface area contributed by atoms with Crippen LogP contribution in [0.3, 0.4) is 0 Å². The van der Waals surface area contributed by atoms with E-state index in [0.717, 1.165) is 11.1 Å². The maximum Gasteiger partial charge on any atom is 0.244 e. The van der Waals surface area contributed by atoms with Crippen LogP contribution in [0.15, 0.2) is 54.6 Å². The van der Waals surface area contributed by atoms with E-state index in [-0.39, 0.29) is 17.9 Å². The molecule has 0 heterocycles. The third-order valence-electron chi connectivity index (χ3n) is 4.33. The van der Waals surface area contributed by atoms with Gasteiger partial charge in [-0.05, 0) is 36.1 Å². The van der Waals surface area contributed by atoms with Crippen LogP contribution in [0.2, 0.25) is 0 Å². The molecule has 0 fully saturated rings. The van der Waals surface area contributed by atoms with Gasteiger partial charge in [-0.2, -0.15) is 12.6 Å². The average molecular weight is 416 g/mol. The lowest BCUT2D eigenvalue weighted by atomic mass is 10.1. The molecule has 154 valence electrons. The van der Waals surface area contributed by atoms with Gasteiger partial charge in [0.05, 0.1) is 12.1 Å². The number of amides is 2. The summed E-state index contributed by atoms with van der Waals surface area (Å²) in [5.41, 5.74) is 7.64. The van der Waals surface area contributed by atoms with E-state index in [4.69, 9.17) is 5.73 Å². The van der Waals surface area contributed by atoms with Crippen molar-refractivity contribution in [3.63, 3.8) is 0 Å². The summed E-state index contributed by atoms with van der Waals surface area (Å²) >= 11 is 4.13. The van der Waals surface area contributed by atoms with Crippen LogP contribution in [0.5, 0.6) is 5.75 Å². The van der Waals surface area contributed by atoms with Crippen LogP contribution < -0.4 is 16.4 Å². The fraction of sp³-hybridized carbons (Fsp3) is 0.286. The van der Waals surface area contributed by atoms with Gasteiger partial charge in [-0.15, -0.1) is 0 Å². The normalized spacial score (nSPS) is 13.7. The van der Waals surface area contributed by atoms with E-state index >= 15 is 0 Å². The minimum atomic E-state index is -0.921. The van der Waals surface area contributed by atoms with E-state index in [1.54, 1.807) is 12.1 Å². The largest absolute Gasteiger partial charge is 0.508 e. The Balaban J connectivity index is 1.91. The smallest absolute Gasteiger partial charge is 0.244 e. The van der Waals surface area contributed by atoms with Crippen LogP contribution in [-0.4, -0.2) is 47.1 Å². The Hall–Kier alpha value is -2.84. The number of aldehydes is 1. The summed E-state index contributed by atoms with van der Waals surface area (Å²) in [6.45, 7) is 0. The number of hydrogen-bond acceptors (Lipinski definition) is 6. The van der Waals surface area contributed by atoms with Gasteiger partial charge in [0.15, 0.2) is 0 Å². The average Bonchev–Trinajstić information content (AvgIpc) is 2.73. The number of nitrogens with two attached hydrogens (primary N) is 1. The fourth-order valence-electron chi connectivity index (χ4n) is 2.74. The van der Waals surface area contributed by atoms with Gasteiger partial charge >= 0.3 is 0 Å². The number of phenolic OH excluding ortho intramolecular Hbond substituents is 1. The van der Waals surface area contributed by atoms with Crippen LogP contribution in [0.4, 0.5) is 0 Å². The zero-order valence-corrected chi connectivity index (χ0v) is 16.7. The number of rotatable bonds is 10. The van der Waals surface area contributed by atoms with Crippen molar-refractivity contribution in [2.24, 2.45) is 5.73 Å². The van der Waals surface area contributed by atoms with Crippen molar-refractivity contribution >= 4 is 30.7 Å². The summed E-state index contributed by atoms with van der Waals surface area (Å²) in [5, 5.41) is 14.5. The first-order chi connectivity index (χ1) is 13.9. The third kappa shape index (κ3) is 7.24. The van der Waals surface area contributed by atoms with E-state index < -0.39 is 29.9 Å². The topological polar surface area (TPSA) is 122 Å². The lowest BCUT2D eigenvalue weighted by Crippen LogP contribution is -2.55. The van der Waals surface area contributed by atoms with Gasteiger partial charge in [-0.1, -0.05) is 42.5 Å². The van der Waals surface area contributed by atoms with Crippen molar-refractivity contribution in [1.82, 2.24) is 10.6 Å². The molecule has 8 heteroatoms. The Kier molecular flexibility index (Phi) is 8.69. The van der Waals surface area contributed by atoms with E-state index in [0.29, 0.717) is 12.7 Å². The highest BCUT2D eigenvalue weighted by molar-refractivity contribution is 7.80. The van der Waals surface area contributed by atoms with E-state index in [1.165, 1.54) is 12.1 Å². The highest BCUT2D eigenvalue weighted by atomic mass is 32.1. The van der Waals surface area contributed by atoms with Gasteiger partial charge in [0.1, 0.15) is 18.1 Å².